The number of hydrogen-bond acceptors (Lipinski definition) is 7. The van der Waals surface area contributed by atoms with Crippen LogP contribution in [-0.2, 0) is 30.8 Å². The number of aromatic amines is 2. The molecule has 0 spiro atoms. The van der Waals surface area contributed by atoms with E-state index in [1.54, 1.807) is 36.4 Å². The third-order valence-electron chi connectivity index (χ3n) is 9.73. The number of aryl methyl sites for hydroxylation is 1. The number of ether oxygens (including phenoxy) is 1. The fourth-order valence-electron chi connectivity index (χ4n) is 6.81. The summed E-state index contributed by atoms with van der Waals surface area (Å²) in [6.07, 6.45) is 1.59. The number of carbonyl (C=O) groups is 3. The average molecular weight is 719 g/mol. The van der Waals surface area contributed by atoms with Crippen molar-refractivity contribution in [2.45, 2.75) is 50.0 Å². The van der Waals surface area contributed by atoms with Crippen molar-refractivity contribution >= 4 is 44.5 Å². The topological polar surface area (TPSA) is 203 Å². The molecule has 2 aliphatic rings. The molecule has 6 N–H and O–H groups in total. The summed E-state index contributed by atoms with van der Waals surface area (Å²) in [6.45, 7) is 3.51. The summed E-state index contributed by atoms with van der Waals surface area (Å²) in [5, 5.41) is 23.0. The maximum atomic E-state index is 13.8. The van der Waals surface area contributed by atoms with Gasteiger partial charge in [0, 0.05) is 37.7 Å². The van der Waals surface area contributed by atoms with Gasteiger partial charge in [0.1, 0.15) is 6.04 Å². The van der Waals surface area contributed by atoms with E-state index in [1.165, 1.54) is 4.31 Å². The molecule has 1 atom stereocenters. The first-order chi connectivity index (χ1) is 24.5. The molecule has 1 saturated carbocycles. The van der Waals surface area contributed by atoms with E-state index < -0.39 is 28.1 Å². The van der Waals surface area contributed by atoms with Crippen molar-refractivity contribution in [3.8, 4) is 11.1 Å². The normalized spacial score (nSPS) is 18.9. The van der Waals surface area contributed by atoms with Crippen LogP contribution in [0.15, 0.2) is 70.4 Å². The number of aromatic nitrogens is 2. The summed E-state index contributed by atoms with van der Waals surface area (Å²) in [5.74, 6) is -0.876. The van der Waals surface area contributed by atoms with Crippen LogP contribution in [0.1, 0.15) is 36.8 Å². The Morgan fingerprint density at radius 2 is 1.75 bits per heavy atom. The summed E-state index contributed by atoms with van der Waals surface area (Å²) in [6, 6.07) is 16.4. The van der Waals surface area contributed by atoms with Crippen LogP contribution < -0.4 is 21.5 Å². The lowest BCUT2D eigenvalue weighted by Gasteiger charge is -2.29. The molecule has 51 heavy (non-hydrogen) atoms. The molecule has 3 amide bonds. The summed E-state index contributed by atoms with van der Waals surface area (Å²) in [4.78, 5) is 50.5. The van der Waals surface area contributed by atoms with Gasteiger partial charge in [0.25, 0.3) is 5.56 Å². The number of H-pyrrole nitrogens is 2. The number of benzene rings is 3. The second-order valence-corrected chi connectivity index (χ2v) is 15.1. The average Bonchev–Trinajstić information content (AvgIpc) is 3.50. The van der Waals surface area contributed by atoms with Crippen molar-refractivity contribution in [1.82, 2.24) is 25.1 Å². The predicted octanol–water partition coefficient (Wildman–Crippen LogP) is 3.59. The van der Waals surface area contributed by atoms with Crippen molar-refractivity contribution in [2.24, 2.45) is 11.8 Å². The number of carbonyl (C=O) groups excluding carboxylic acids is 2. The maximum absolute atomic E-state index is 13.8. The lowest BCUT2D eigenvalue weighted by molar-refractivity contribution is -0.130. The van der Waals surface area contributed by atoms with Gasteiger partial charge in [0.15, 0.2) is 0 Å². The molecule has 14 nitrogen and oxygen atoms in total. The smallest absolute Gasteiger partial charge is 0.404 e. The van der Waals surface area contributed by atoms with Crippen molar-refractivity contribution in [1.29, 1.82) is 0 Å². The Bertz CT molecular complexity index is 2080. The molecule has 1 saturated heterocycles. The first-order valence-electron chi connectivity index (χ1n) is 17.0. The zero-order valence-electron chi connectivity index (χ0n) is 28.2. The van der Waals surface area contributed by atoms with Gasteiger partial charge in [-0.25, -0.2) is 13.2 Å². The van der Waals surface area contributed by atoms with Crippen molar-refractivity contribution in [3.05, 3.63) is 82.1 Å². The number of amides is 3. The molecule has 2 fully saturated rings. The van der Waals surface area contributed by atoms with Crippen molar-refractivity contribution < 1.29 is 32.6 Å². The van der Waals surface area contributed by atoms with Crippen LogP contribution in [0.3, 0.4) is 0 Å². The molecule has 1 aliphatic carbocycles. The van der Waals surface area contributed by atoms with E-state index >= 15 is 0 Å². The first-order valence-corrected chi connectivity index (χ1v) is 18.5. The molecule has 1 aromatic heterocycles. The minimum absolute atomic E-state index is 0.146. The van der Waals surface area contributed by atoms with Gasteiger partial charge in [-0.05, 0) is 91.1 Å². The molecule has 0 unspecified atom stereocenters. The van der Waals surface area contributed by atoms with E-state index in [2.05, 4.69) is 26.1 Å². The number of morpholine rings is 1. The molecule has 1 aliphatic heterocycles. The predicted molar refractivity (Wildman–Crippen MR) is 191 cm³/mol. The number of fused-ring (bicyclic) bond motifs is 1. The second-order valence-electron chi connectivity index (χ2n) is 13.2. The van der Waals surface area contributed by atoms with E-state index in [0.717, 1.165) is 22.3 Å². The molecule has 4 aromatic rings. The highest BCUT2D eigenvalue weighted by Gasteiger charge is 2.31. The van der Waals surface area contributed by atoms with E-state index in [4.69, 9.17) is 9.84 Å². The van der Waals surface area contributed by atoms with Gasteiger partial charge >= 0.3 is 6.09 Å². The van der Waals surface area contributed by atoms with E-state index in [9.17, 15) is 27.6 Å². The number of nitrogens with one attached hydrogen (secondary N) is 5. The SMILES string of the molecule is Cc1ccc(S(=O)(=O)N2CCOCC2)cc1-c1cccc(C[C@H](NC(=O)[C@H]2CC[C@H](CNC(=O)O)CC2)C(=O)Nc2ccc3c(=O)[nH][nH]c3c2)c1. The summed E-state index contributed by atoms with van der Waals surface area (Å²) < 4.78 is 33.7. The molecular weight excluding hydrogens is 676 g/mol. The third kappa shape index (κ3) is 8.49. The Balaban J connectivity index is 1.23. The van der Waals surface area contributed by atoms with E-state index in [0.29, 0.717) is 62.0 Å². The Labute approximate surface area is 295 Å². The van der Waals surface area contributed by atoms with Gasteiger partial charge in [0.05, 0.1) is 29.0 Å². The van der Waals surface area contributed by atoms with Crippen LogP contribution in [0, 0.1) is 18.8 Å². The quantitative estimate of drug-likeness (QED) is 0.135. The molecule has 0 radical (unpaired) electrons. The molecule has 2 heterocycles. The zero-order valence-corrected chi connectivity index (χ0v) is 29.1. The lowest BCUT2D eigenvalue weighted by Crippen LogP contribution is -2.48. The van der Waals surface area contributed by atoms with E-state index in [-0.39, 0.29) is 47.7 Å². The van der Waals surface area contributed by atoms with E-state index in [1.807, 2.05) is 31.2 Å². The second kappa shape index (κ2) is 15.5. The van der Waals surface area contributed by atoms with Gasteiger partial charge in [-0.1, -0.05) is 30.3 Å². The van der Waals surface area contributed by atoms with Gasteiger partial charge in [0.2, 0.25) is 21.8 Å². The molecule has 270 valence electrons. The van der Waals surface area contributed by atoms with Crippen LogP contribution in [-0.4, -0.2) is 84.8 Å². The highest BCUT2D eigenvalue weighted by atomic mass is 32.2. The van der Waals surface area contributed by atoms with Gasteiger partial charge in [-0.2, -0.15) is 4.31 Å². The van der Waals surface area contributed by atoms with Crippen LogP contribution >= 0.6 is 0 Å². The van der Waals surface area contributed by atoms with Crippen LogP contribution in [0.25, 0.3) is 22.0 Å². The number of nitrogens with zero attached hydrogens (tertiary/aromatic N) is 1. The minimum Gasteiger partial charge on any atom is -0.465 e. The minimum atomic E-state index is -3.73. The molecule has 6 rings (SSSR count). The summed E-state index contributed by atoms with van der Waals surface area (Å²) in [5.41, 5.74) is 3.82. The molecule has 3 aromatic carbocycles. The molecule has 15 heteroatoms. The van der Waals surface area contributed by atoms with Gasteiger partial charge in [-0.15, -0.1) is 0 Å². The Morgan fingerprint density at radius 1 is 0.980 bits per heavy atom. The fourth-order valence-corrected chi connectivity index (χ4v) is 8.25. The first kappa shape index (κ1) is 35.8. The Kier molecular flexibility index (Phi) is 10.9. The molecular formula is C36H42N6O8S. The highest BCUT2D eigenvalue weighted by molar-refractivity contribution is 7.89. The number of rotatable bonds is 11. The third-order valence-corrected chi connectivity index (χ3v) is 11.6. The van der Waals surface area contributed by atoms with Gasteiger partial charge in [-0.3, -0.25) is 24.6 Å². The number of hydrogen-bond donors (Lipinski definition) is 6. The van der Waals surface area contributed by atoms with Crippen molar-refractivity contribution in [3.63, 3.8) is 0 Å². The monoisotopic (exact) mass is 718 g/mol. The van der Waals surface area contributed by atoms with Crippen LogP contribution in [0.2, 0.25) is 0 Å². The largest absolute Gasteiger partial charge is 0.465 e. The fraction of sp³-hybridized carbons (Fsp3) is 0.389. The highest BCUT2D eigenvalue weighted by Crippen LogP contribution is 2.31. The zero-order chi connectivity index (χ0) is 36.1. The van der Waals surface area contributed by atoms with Crippen LogP contribution in [0.4, 0.5) is 10.5 Å². The Morgan fingerprint density at radius 3 is 2.49 bits per heavy atom. The maximum Gasteiger partial charge on any atom is 0.404 e. The standard InChI is InChI=1S/C36H42N6O8S/c1-22-5-11-28(51(48,49)42-13-15-50-16-14-42)20-30(22)26-4-2-3-24(17-26)18-32(35(45)38-27-10-12-29-31(19-27)40-41-34(29)44)39-33(43)25-8-6-23(7-9-25)21-37-36(46)47/h2-5,10-12,17,19-20,23,25,32,37H,6-9,13-16,18,21H2,1H3,(H,38,45)(H,39,43)(H,46,47)(H2,40,41,44)/t23-,25-,32-/m0/s1. The number of anilines is 1. The molecule has 0 bridgehead atoms. The summed E-state index contributed by atoms with van der Waals surface area (Å²) in [7, 11) is -3.73. The van der Waals surface area contributed by atoms with Gasteiger partial charge < -0.3 is 25.8 Å². The summed E-state index contributed by atoms with van der Waals surface area (Å²) >= 11 is 0. The number of sulfonamides is 1. The Hall–Kier alpha value is -4.99. The number of carboxylic acid groups (broad SMARTS) is 1. The van der Waals surface area contributed by atoms with Crippen molar-refractivity contribution in [2.75, 3.05) is 38.2 Å². The van der Waals surface area contributed by atoms with Crippen LogP contribution in [0.5, 0.6) is 0 Å². The lowest BCUT2D eigenvalue weighted by atomic mass is 9.81.